The Morgan fingerprint density at radius 3 is 2.57 bits per heavy atom. The van der Waals surface area contributed by atoms with Crippen molar-refractivity contribution in [1.29, 1.82) is 0 Å². The Hall–Kier alpha value is -1.62. The van der Waals surface area contributed by atoms with Gasteiger partial charge >= 0.3 is 5.69 Å². The van der Waals surface area contributed by atoms with E-state index in [9.17, 15) is 10.1 Å². The van der Waals surface area contributed by atoms with Gasteiger partial charge in [-0.05, 0) is 51.3 Å². The zero-order chi connectivity index (χ0) is 15.8. The monoisotopic (exact) mass is 294 g/mol. The first-order valence-electron chi connectivity index (χ1n) is 7.65. The number of nitro benzene ring substituents is 1. The van der Waals surface area contributed by atoms with Gasteiger partial charge < -0.3 is 10.1 Å². The summed E-state index contributed by atoms with van der Waals surface area (Å²) in [5.74, 6) is 0.359. The molecule has 0 heterocycles. The molecule has 5 heteroatoms. The molecule has 21 heavy (non-hydrogen) atoms. The molecule has 0 aromatic heterocycles. The quantitative estimate of drug-likeness (QED) is 0.557. The van der Waals surface area contributed by atoms with Crippen molar-refractivity contribution in [3.63, 3.8) is 0 Å². The van der Waals surface area contributed by atoms with Gasteiger partial charge in [0.1, 0.15) is 0 Å². The van der Waals surface area contributed by atoms with Crippen LogP contribution in [0.15, 0.2) is 18.2 Å². The topological polar surface area (TPSA) is 64.4 Å². The molecule has 0 fully saturated rings. The molecule has 1 aromatic rings. The fourth-order valence-corrected chi connectivity index (χ4v) is 2.18. The maximum absolute atomic E-state index is 11.0. The number of rotatable bonds is 9. The molecule has 0 saturated heterocycles. The standard InChI is InChI=1S/C16H26N2O3/c1-5-9-17-14(6-2)10-13-7-8-15(18(19)20)16(11-13)21-12(3)4/h7-8,11-12,14,17H,5-6,9-10H2,1-4H3. The van der Waals surface area contributed by atoms with E-state index in [0.29, 0.717) is 11.8 Å². The Balaban J connectivity index is 2.90. The van der Waals surface area contributed by atoms with Crippen LogP contribution in [-0.4, -0.2) is 23.6 Å². The lowest BCUT2D eigenvalue weighted by molar-refractivity contribution is -0.386. The van der Waals surface area contributed by atoms with Crippen molar-refractivity contribution in [3.8, 4) is 5.75 Å². The van der Waals surface area contributed by atoms with Gasteiger partial charge in [-0.15, -0.1) is 0 Å². The Kier molecular flexibility index (Phi) is 7.15. The smallest absolute Gasteiger partial charge is 0.310 e. The third-order valence-corrected chi connectivity index (χ3v) is 3.24. The SMILES string of the molecule is CCCNC(CC)Cc1ccc([N+](=O)[O-])c(OC(C)C)c1. The zero-order valence-electron chi connectivity index (χ0n) is 13.4. The summed E-state index contributed by atoms with van der Waals surface area (Å²) in [4.78, 5) is 10.7. The van der Waals surface area contributed by atoms with Gasteiger partial charge in [0.15, 0.2) is 5.75 Å². The minimum absolute atomic E-state index is 0.0296. The summed E-state index contributed by atoms with van der Waals surface area (Å²) in [5, 5.41) is 14.5. The molecular formula is C16H26N2O3. The highest BCUT2D eigenvalue weighted by molar-refractivity contribution is 5.48. The van der Waals surface area contributed by atoms with Crippen LogP contribution in [0.3, 0.4) is 0 Å². The molecule has 0 aliphatic heterocycles. The average molecular weight is 294 g/mol. The van der Waals surface area contributed by atoms with Crippen molar-refractivity contribution in [2.24, 2.45) is 0 Å². The van der Waals surface area contributed by atoms with Crippen LogP contribution in [0.25, 0.3) is 0 Å². The molecule has 118 valence electrons. The van der Waals surface area contributed by atoms with E-state index < -0.39 is 4.92 Å². The molecule has 0 amide bonds. The lowest BCUT2D eigenvalue weighted by Gasteiger charge is -2.17. The zero-order valence-corrected chi connectivity index (χ0v) is 13.4. The van der Waals surface area contributed by atoms with E-state index in [1.165, 1.54) is 0 Å². The Bertz CT molecular complexity index is 461. The largest absolute Gasteiger partial charge is 0.484 e. The van der Waals surface area contributed by atoms with E-state index >= 15 is 0 Å². The van der Waals surface area contributed by atoms with Crippen LogP contribution in [0.5, 0.6) is 5.75 Å². The Morgan fingerprint density at radius 1 is 1.33 bits per heavy atom. The molecule has 1 rings (SSSR count). The molecule has 0 spiro atoms. The van der Waals surface area contributed by atoms with Gasteiger partial charge in [0, 0.05) is 12.1 Å². The summed E-state index contributed by atoms with van der Waals surface area (Å²) in [5.41, 5.74) is 1.09. The number of nitro groups is 1. The fourth-order valence-electron chi connectivity index (χ4n) is 2.18. The average Bonchev–Trinajstić information content (AvgIpc) is 2.42. The molecule has 0 saturated carbocycles. The molecule has 0 aliphatic carbocycles. The van der Waals surface area contributed by atoms with Crippen molar-refractivity contribution >= 4 is 5.69 Å². The van der Waals surface area contributed by atoms with Crippen LogP contribution in [-0.2, 0) is 6.42 Å². The second-order valence-corrected chi connectivity index (χ2v) is 5.49. The molecule has 5 nitrogen and oxygen atoms in total. The summed E-state index contributed by atoms with van der Waals surface area (Å²) in [6, 6.07) is 5.55. The van der Waals surface area contributed by atoms with Crippen molar-refractivity contribution in [1.82, 2.24) is 5.32 Å². The minimum atomic E-state index is -0.395. The van der Waals surface area contributed by atoms with Gasteiger partial charge in [0.2, 0.25) is 0 Å². The Labute approximate surface area is 126 Å². The predicted octanol–water partition coefficient (Wildman–Crippen LogP) is 3.70. The van der Waals surface area contributed by atoms with Gasteiger partial charge in [0.25, 0.3) is 0 Å². The molecular weight excluding hydrogens is 268 g/mol. The van der Waals surface area contributed by atoms with E-state index in [2.05, 4.69) is 19.2 Å². The fraction of sp³-hybridized carbons (Fsp3) is 0.625. The minimum Gasteiger partial charge on any atom is -0.484 e. The van der Waals surface area contributed by atoms with Gasteiger partial charge in [-0.2, -0.15) is 0 Å². The highest BCUT2D eigenvalue weighted by atomic mass is 16.6. The van der Waals surface area contributed by atoms with Gasteiger partial charge in [-0.25, -0.2) is 0 Å². The van der Waals surface area contributed by atoms with Crippen molar-refractivity contribution < 1.29 is 9.66 Å². The molecule has 0 bridgehead atoms. The van der Waals surface area contributed by atoms with Gasteiger partial charge in [0.05, 0.1) is 11.0 Å². The number of benzene rings is 1. The summed E-state index contributed by atoms with van der Waals surface area (Å²) in [6.07, 6.45) is 2.89. The highest BCUT2D eigenvalue weighted by Crippen LogP contribution is 2.29. The van der Waals surface area contributed by atoms with Crippen LogP contribution in [0.4, 0.5) is 5.69 Å². The summed E-state index contributed by atoms with van der Waals surface area (Å²) < 4.78 is 5.58. The molecule has 1 N–H and O–H groups in total. The molecule has 0 aliphatic rings. The van der Waals surface area contributed by atoms with Crippen LogP contribution >= 0.6 is 0 Å². The Morgan fingerprint density at radius 2 is 2.05 bits per heavy atom. The van der Waals surface area contributed by atoms with E-state index in [0.717, 1.165) is 31.4 Å². The van der Waals surface area contributed by atoms with E-state index in [1.54, 1.807) is 12.1 Å². The van der Waals surface area contributed by atoms with E-state index in [4.69, 9.17) is 4.74 Å². The van der Waals surface area contributed by atoms with Gasteiger partial charge in [-0.1, -0.05) is 19.9 Å². The molecule has 1 atom stereocenters. The van der Waals surface area contributed by atoms with Crippen LogP contribution in [0.1, 0.15) is 46.1 Å². The van der Waals surface area contributed by atoms with Crippen LogP contribution in [0, 0.1) is 10.1 Å². The summed E-state index contributed by atoms with van der Waals surface area (Å²) >= 11 is 0. The predicted molar refractivity (Wildman–Crippen MR) is 84.9 cm³/mol. The van der Waals surface area contributed by atoms with E-state index in [1.807, 2.05) is 19.9 Å². The van der Waals surface area contributed by atoms with Crippen molar-refractivity contribution in [2.75, 3.05) is 6.54 Å². The van der Waals surface area contributed by atoms with Crippen LogP contribution < -0.4 is 10.1 Å². The lowest BCUT2D eigenvalue weighted by atomic mass is 10.0. The van der Waals surface area contributed by atoms with Crippen molar-refractivity contribution in [2.45, 2.75) is 59.1 Å². The highest BCUT2D eigenvalue weighted by Gasteiger charge is 2.17. The van der Waals surface area contributed by atoms with Gasteiger partial charge in [-0.3, -0.25) is 10.1 Å². The lowest BCUT2D eigenvalue weighted by Crippen LogP contribution is -2.31. The number of ether oxygens (including phenoxy) is 1. The third-order valence-electron chi connectivity index (χ3n) is 3.24. The van der Waals surface area contributed by atoms with Crippen molar-refractivity contribution in [3.05, 3.63) is 33.9 Å². The second kappa shape index (κ2) is 8.62. The molecule has 1 unspecified atom stereocenters. The number of hydrogen-bond acceptors (Lipinski definition) is 4. The third kappa shape index (κ3) is 5.71. The van der Waals surface area contributed by atoms with Crippen LogP contribution in [0.2, 0.25) is 0 Å². The maximum atomic E-state index is 11.0. The first-order valence-corrected chi connectivity index (χ1v) is 7.65. The summed E-state index contributed by atoms with van der Waals surface area (Å²) in [6.45, 7) is 9.01. The van der Waals surface area contributed by atoms with E-state index in [-0.39, 0.29) is 11.8 Å². The first-order chi connectivity index (χ1) is 9.97. The summed E-state index contributed by atoms with van der Waals surface area (Å²) in [7, 11) is 0. The maximum Gasteiger partial charge on any atom is 0.310 e. The number of hydrogen-bond donors (Lipinski definition) is 1. The number of nitrogens with one attached hydrogen (secondary N) is 1. The first kappa shape index (κ1) is 17.4. The number of nitrogens with zero attached hydrogens (tertiary/aromatic N) is 1. The molecule has 0 radical (unpaired) electrons. The normalized spacial score (nSPS) is 12.4. The molecule has 1 aromatic carbocycles. The second-order valence-electron chi connectivity index (χ2n) is 5.49.